The molecule has 3 heterocycles. The number of nitrogens with two attached hydrogens (primary N) is 1. The minimum atomic E-state index is -1.48. The quantitative estimate of drug-likeness (QED) is 0.629. The highest BCUT2D eigenvalue weighted by Crippen LogP contribution is 2.50. The molecular formula is C16H19N5O4S. The summed E-state index contributed by atoms with van der Waals surface area (Å²) in [6.45, 7) is 3.29. The number of hydrogen-bond acceptors (Lipinski definition) is 9. The van der Waals surface area contributed by atoms with Crippen molar-refractivity contribution in [2.24, 2.45) is 5.92 Å². The number of fused-ring (bicyclic) bond motifs is 1. The van der Waals surface area contributed by atoms with Gasteiger partial charge in [-0.05, 0) is 12.1 Å². The molecule has 1 aliphatic rings. The molecule has 3 rings (SSSR count). The molecule has 10 heteroatoms. The summed E-state index contributed by atoms with van der Waals surface area (Å²) in [4.78, 5) is 15.6. The molecule has 0 unspecified atom stereocenters. The molecule has 0 aliphatic carbocycles. The lowest BCUT2D eigenvalue weighted by Crippen LogP contribution is -2.40. The molecule has 4 atom stereocenters. The third kappa shape index (κ3) is 2.78. The molecule has 0 saturated carbocycles. The van der Waals surface area contributed by atoms with Crippen LogP contribution in [0, 0.1) is 17.2 Å². The molecule has 0 aromatic carbocycles. The zero-order valence-electron chi connectivity index (χ0n) is 14.2. The van der Waals surface area contributed by atoms with Crippen molar-refractivity contribution in [3.63, 3.8) is 0 Å². The average molecular weight is 377 g/mol. The Balaban J connectivity index is 1.95. The third-order valence-corrected chi connectivity index (χ3v) is 5.98. The summed E-state index contributed by atoms with van der Waals surface area (Å²) < 4.78 is 5.12. The standard InChI is InChI=1S/C16H19N5O4S/c1-8(2)15(24)25-5-10-12(22)13(23)16(6-17,26-10)11-4-3-9-14(18)19-7-20-21(9)11/h3-4,7-8,10,12-13,22-23H,5H2,1-2H3,(H2,18,19,20)/t10-,12-,13-,16+/m1/s1. The van der Waals surface area contributed by atoms with Crippen LogP contribution in [0.1, 0.15) is 19.5 Å². The Bertz CT molecular complexity index is 879. The maximum atomic E-state index is 11.7. The summed E-state index contributed by atoms with van der Waals surface area (Å²) in [5.41, 5.74) is 6.69. The second kappa shape index (κ2) is 6.75. The van der Waals surface area contributed by atoms with Gasteiger partial charge in [0.05, 0.1) is 29.0 Å². The van der Waals surface area contributed by atoms with Crippen molar-refractivity contribution in [2.75, 3.05) is 12.3 Å². The van der Waals surface area contributed by atoms with Gasteiger partial charge in [-0.15, -0.1) is 11.8 Å². The molecule has 0 radical (unpaired) electrons. The topological polar surface area (TPSA) is 147 Å². The van der Waals surface area contributed by atoms with Crippen LogP contribution in [-0.2, 0) is 14.3 Å². The number of nitrogen functional groups attached to an aromatic ring is 1. The maximum absolute atomic E-state index is 11.7. The summed E-state index contributed by atoms with van der Waals surface area (Å²) >= 11 is 1.05. The number of ether oxygens (including phenoxy) is 1. The van der Waals surface area contributed by atoms with Gasteiger partial charge in [0, 0.05) is 0 Å². The molecule has 138 valence electrons. The van der Waals surface area contributed by atoms with Gasteiger partial charge in [-0.3, -0.25) is 4.79 Å². The first-order chi connectivity index (χ1) is 12.3. The number of thioether (sulfide) groups is 1. The van der Waals surface area contributed by atoms with Crippen LogP contribution in [0.3, 0.4) is 0 Å². The van der Waals surface area contributed by atoms with E-state index in [0.29, 0.717) is 11.2 Å². The van der Waals surface area contributed by atoms with E-state index in [2.05, 4.69) is 16.2 Å². The van der Waals surface area contributed by atoms with Crippen molar-refractivity contribution in [3.8, 4) is 6.07 Å². The monoisotopic (exact) mass is 377 g/mol. The Morgan fingerprint density at radius 3 is 2.92 bits per heavy atom. The first-order valence-electron chi connectivity index (χ1n) is 8.02. The second-order valence-corrected chi connectivity index (χ2v) is 7.87. The Morgan fingerprint density at radius 2 is 2.27 bits per heavy atom. The van der Waals surface area contributed by atoms with Crippen LogP contribution in [-0.4, -0.2) is 54.8 Å². The van der Waals surface area contributed by atoms with Gasteiger partial charge in [0.25, 0.3) is 0 Å². The Labute approximate surface area is 153 Å². The van der Waals surface area contributed by atoms with Crippen LogP contribution in [0.25, 0.3) is 5.52 Å². The first-order valence-corrected chi connectivity index (χ1v) is 8.90. The van der Waals surface area contributed by atoms with Gasteiger partial charge >= 0.3 is 5.97 Å². The van der Waals surface area contributed by atoms with Crippen LogP contribution in [0.15, 0.2) is 18.5 Å². The number of nitrogens with zero attached hydrogens (tertiary/aromatic N) is 4. The predicted octanol–water partition coefficient (Wildman–Crippen LogP) is 0.0668. The number of nitriles is 1. The normalized spacial score (nSPS) is 28.4. The van der Waals surface area contributed by atoms with E-state index in [1.807, 2.05) is 0 Å². The van der Waals surface area contributed by atoms with E-state index in [1.165, 1.54) is 10.8 Å². The molecule has 2 aromatic heterocycles. The largest absolute Gasteiger partial charge is 0.464 e. The van der Waals surface area contributed by atoms with E-state index in [1.54, 1.807) is 26.0 Å². The fourth-order valence-electron chi connectivity index (χ4n) is 2.88. The molecule has 1 aliphatic heterocycles. The van der Waals surface area contributed by atoms with Gasteiger partial charge in [-0.1, -0.05) is 13.8 Å². The number of esters is 1. The van der Waals surface area contributed by atoms with Crippen LogP contribution in [0.4, 0.5) is 5.82 Å². The van der Waals surface area contributed by atoms with Crippen LogP contribution >= 0.6 is 11.8 Å². The van der Waals surface area contributed by atoms with E-state index < -0.39 is 28.2 Å². The molecular weight excluding hydrogens is 358 g/mol. The molecule has 0 spiro atoms. The fourth-order valence-corrected chi connectivity index (χ4v) is 4.39. The predicted molar refractivity (Wildman–Crippen MR) is 93.9 cm³/mol. The molecule has 1 fully saturated rings. The maximum Gasteiger partial charge on any atom is 0.308 e. The molecule has 26 heavy (non-hydrogen) atoms. The lowest BCUT2D eigenvalue weighted by Gasteiger charge is -2.24. The van der Waals surface area contributed by atoms with Gasteiger partial charge in [0.1, 0.15) is 24.6 Å². The van der Waals surface area contributed by atoms with Gasteiger partial charge in [0.2, 0.25) is 0 Å². The fraction of sp³-hybridized carbons (Fsp3) is 0.500. The summed E-state index contributed by atoms with van der Waals surface area (Å²) in [5, 5.41) is 34.4. The SMILES string of the molecule is CC(C)C(=O)OC[C@H]1S[C@@](C#N)(c2ccc3c(N)ncnn23)[C@H](O)[C@@H]1O. The number of aromatic nitrogens is 3. The summed E-state index contributed by atoms with van der Waals surface area (Å²) in [7, 11) is 0. The number of carbonyl (C=O) groups excluding carboxylic acids is 1. The third-order valence-electron chi connectivity index (χ3n) is 4.35. The van der Waals surface area contributed by atoms with E-state index in [9.17, 15) is 20.3 Å². The highest BCUT2D eigenvalue weighted by Gasteiger charge is 2.57. The smallest absolute Gasteiger partial charge is 0.308 e. The van der Waals surface area contributed by atoms with E-state index in [0.717, 1.165) is 11.8 Å². The second-order valence-electron chi connectivity index (χ2n) is 6.38. The van der Waals surface area contributed by atoms with Crippen molar-refractivity contribution >= 4 is 29.1 Å². The number of anilines is 1. The van der Waals surface area contributed by atoms with Crippen molar-refractivity contribution in [2.45, 2.75) is 36.1 Å². The highest BCUT2D eigenvalue weighted by atomic mass is 32.2. The zero-order chi connectivity index (χ0) is 19.1. The average Bonchev–Trinajstić information content (AvgIpc) is 3.15. The lowest BCUT2D eigenvalue weighted by atomic mass is 9.94. The van der Waals surface area contributed by atoms with E-state index >= 15 is 0 Å². The van der Waals surface area contributed by atoms with E-state index in [-0.39, 0.29) is 18.3 Å². The van der Waals surface area contributed by atoms with Crippen molar-refractivity contribution in [3.05, 3.63) is 24.2 Å². The summed E-state index contributed by atoms with van der Waals surface area (Å²) in [6, 6.07) is 5.37. The Kier molecular flexibility index (Phi) is 4.79. The Hall–Kier alpha value is -2.35. The minimum Gasteiger partial charge on any atom is -0.464 e. The highest BCUT2D eigenvalue weighted by molar-refractivity contribution is 8.01. The van der Waals surface area contributed by atoms with Crippen LogP contribution in [0.5, 0.6) is 0 Å². The van der Waals surface area contributed by atoms with Gasteiger partial charge in [0.15, 0.2) is 10.6 Å². The van der Waals surface area contributed by atoms with E-state index in [4.69, 9.17) is 10.5 Å². The molecule has 0 amide bonds. The molecule has 1 saturated heterocycles. The Morgan fingerprint density at radius 1 is 1.54 bits per heavy atom. The summed E-state index contributed by atoms with van der Waals surface area (Å²) in [6.07, 6.45) is -1.39. The van der Waals surface area contributed by atoms with Gasteiger partial charge in [-0.2, -0.15) is 10.4 Å². The van der Waals surface area contributed by atoms with Crippen LogP contribution in [0.2, 0.25) is 0 Å². The van der Waals surface area contributed by atoms with Gasteiger partial charge in [-0.25, -0.2) is 9.50 Å². The first kappa shape index (κ1) is 18.4. The van der Waals surface area contributed by atoms with Crippen molar-refractivity contribution in [1.82, 2.24) is 14.6 Å². The van der Waals surface area contributed by atoms with Crippen LogP contribution < -0.4 is 5.73 Å². The number of aliphatic hydroxyl groups is 2. The zero-order valence-corrected chi connectivity index (χ0v) is 15.1. The summed E-state index contributed by atoms with van der Waals surface area (Å²) in [5.74, 6) is -0.478. The van der Waals surface area contributed by atoms with Crippen molar-refractivity contribution in [1.29, 1.82) is 5.26 Å². The number of rotatable bonds is 4. The molecule has 4 N–H and O–H groups in total. The molecule has 9 nitrogen and oxygen atoms in total. The van der Waals surface area contributed by atoms with Crippen molar-refractivity contribution < 1.29 is 19.7 Å². The lowest BCUT2D eigenvalue weighted by molar-refractivity contribution is -0.148. The minimum absolute atomic E-state index is 0.107. The number of hydrogen-bond donors (Lipinski definition) is 3. The number of aliphatic hydroxyl groups excluding tert-OH is 2. The van der Waals surface area contributed by atoms with Gasteiger partial charge < -0.3 is 20.7 Å². The molecule has 0 bridgehead atoms. The molecule has 2 aromatic rings. The number of carbonyl (C=O) groups is 1.